The average Bonchev–Trinajstić information content (AvgIpc) is 2.71. The molecule has 1 atom stereocenters. The topological polar surface area (TPSA) is 104 Å². The number of hydrogen-bond acceptors (Lipinski definition) is 4. The van der Waals surface area contributed by atoms with Crippen molar-refractivity contribution in [1.29, 1.82) is 0 Å². The van der Waals surface area contributed by atoms with E-state index >= 15 is 0 Å². The predicted octanol–water partition coefficient (Wildman–Crippen LogP) is 1.11. The number of aryl methyl sites for hydroxylation is 1. The minimum atomic E-state index is -1.43. The van der Waals surface area contributed by atoms with E-state index in [0.717, 1.165) is 9.75 Å². The first-order valence-corrected chi connectivity index (χ1v) is 6.19. The lowest BCUT2D eigenvalue weighted by atomic mass is 10.2. The summed E-state index contributed by atoms with van der Waals surface area (Å²) in [6.45, 7) is 1.93. The molecule has 0 fully saturated rings. The van der Waals surface area contributed by atoms with E-state index in [9.17, 15) is 14.4 Å². The Kier molecular flexibility index (Phi) is 5.25. The molecule has 7 heteroatoms. The van der Waals surface area contributed by atoms with Gasteiger partial charge in [0.05, 0.1) is 6.42 Å². The molecule has 1 heterocycles. The third kappa shape index (κ3) is 5.35. The maximum absolute atomic E-state index is 11.5. The van der Waals surface area contributed by atoms with E-state index in [4.69, 9.17) is 10.2 Å². The van der Waals surface area contributed by atoms with Crippen molar-refractivity contribution < 1.29 is 24.6 Å². The first-order chi connectivity index (χ1) is 8.88. The highest BCUT2D eigenvalue weighted by Crippen LogP contribution is 2.16. The Bertz CT molecular complexity index is 520. The van der Waals surface area contributed by atoms with Crippen LogP contribution in [0.1, 0.15) is 16.2 Å². The first-order valence-electron chi connectivity index (χ1n) is 5.38. The molecule has 0 unspecified atom stereocenters. The quantitative estimate of drug-likeness (QED) is 0.679. The van der Waals surface area contributed by atoms with Crippen molar-refractivity contribution in [3.8, 4) is 0 Å². The summed E-state index contributed by atoms with van der Waals surface area (Å²) in [7, 11) is 0. The fraction of sp³-hybridized carbons (Fsp3) is 0.250. The Morgan fingerprint density at radius 2 is 2.05 bits per heavy atom. The van der Waals surface area contributed by atoms with Crippen molar-refractivity contribution in [2.45, 2.75) is 19.4 Å². The van der Waals surface area contributed by atoms with E-state index < -0.39 is 30.3 Å². The van der Waals surface area contributed by atoms with Crippen molar-refractivity contribution in [1.82, 2.24) is 5.32 Å². The average molecular weight is 283 g/mol. The molecule has 0 radical (unpaired) electrons. The molecule has 0 saturated heterocycles. The van der Waals surface area contributed by atoms with Crippen LogP contribution in [0.4, 0.5) is 0 Å². The number of hydrogen-bond donors (Lipinski definition) is 3. The highest BCUT2D eigenvalue weighted by molar-refractivity contribution is 7.12. The van der Waals surface area contributed by atoms with Crippen LogP contribution in [0.3, 0.4) is 0 Å². The van der Waals surface area contributed by atoms with Crippen LogP contribution in [-0.2, 0) is 14.4 Å². The summed E-state index contributed by atoms with van der Waals surface area (Å²) in [6.07, 6.45) is 2.07. The number of carboxylic acid groups (broad SMARTS) is 2. The van der Waals surface area contributed by atoms with Crippen LogP contribution < -0.4 is 5.32 Å². The summed E-state index contributed by atoms with van der Waals surface area (Å²) in [5.74, 6) is -3.30. The van der Waals surface area contributed by atoms with Crippen molar-refractivity contribution >= 4 is 35.3 Å². The third-order valence-corrected chi connectivity index (χ3v) is 3.12. The smallest absolute Gasteiger partial charge is 0.326 e. The molecule has 102 valence electrons. The van der Waals surface area contributed by atoms with Crippen LogP contribution in [-0.4, -0.2) is 34.1 Å². The molecule has 0 aliphatic heterocycles. The molecular weight excluding hydrogens is 270 g/mol. The van der Waals surface area contributed by atoms with Gasteiger partial charge in [-0.05, 0) is 25.1 Å². The van der Waals surface area contributed by atoms with Gasteiger partial charge in [0.15, 0.2) is 0 Å². The molecule has 0 aliphatic carbocycles. The van der Waals surface area contributed by atoms with Crippen molar-refractivity contribution in [2.24, 2.45) is 0 Å². The zero-order chi connectivity index (χ0) is 14.4. The minimum absolute atomic E-state index is 0.639. The number of amides is 1. The second-order valence-electron chi connectivity index (χ2n) is 3.78. The summed E-state index contributed by atoms with van der Waals surface area (Å²) in [5, 5.41) is 19.4. The summed E-state index contributed by atoms with van der Waals surface area (Å²) >= 11 is 1.49. The molecule has 3 N–H and O–H groups in total. The molecule has 6 nitrogen and oxygen atoms in total. The van der Waals surface area contributed by atoms with Crippen LogP contribution in [0.15, 0.2) is 18.2 Å². The molecule has 1 rings (SSSR count). The van der Waals surface area contributed by atoms with E-state index in [0.29, 0.717) is 0 Å². The van der Waals surface area contributed by atoms with Crippen LogP contribution in [0, 0.1) is 6.92 Å². The Morgan fingerprint density at radius 1 is 1.37 bits per heavy atom. The number of thiophene rings is 1. The number of carboxylic acids is 2. The van der Waals surface area contributed by atoms with Gasteiger partial charge in [-0.1, -0.05) is 0 Å². The van der Waals surface area contributed by atoms with Gasteiger partial charge in [-0.2, -0.15) is 0 Å². The van der Waals surface area contributed by atoms with E-state index in [1.165, 1.54) is 17.4 Å². The maximum atomic E-state index is 11.5. The van der Waals surface area contributed by atoms with Crippen LogP contribution in [0.2, 0.25) is 0 Å². The van der Waals surface area contributed by atoms with Crippen LogP contribution in [0.5, 0.6) is 0 Å². The van der Waals surface area contributed by atoms with E-state index in [1.54, 1.807) is 6.08 Å². The summed E-state index contributed by atoms with van der Waals surface area (Å²) in [6, 6.07) is 2.29. The molecule has 1 amide bonds. The summed E-state index contributed by atoms with van der Waals surface area (Å²) in [5.41, 5.74) is 0. The number of rotatable bonds is 6. The second-order valence-corrected chi connectivity index (χ2v) is 5.10. The number of carbonyl (C=O) groups excluding carboxylic acids is 1. The minimum Gasteiger partial charge on any atom is -0.481 e. The van der Waals surface area contributed by atoms with Crippen LogP contribution in [0.25, 0.3) is 6.08 Å². The standard InChI is InChI=1S/C12H13NO5S/c1-7-2-3-8(19-7)4-5-10(14)13-9(12(17)18)6-11(15)16/h2-5,9H,6H2,1H3,(H,13,14)(H,15,16)(H,17,18)/b5-4+/t9-/m1/s1. The zero-order valence-electron chi connectivity index (χ0n) is 10.1. The van der Waals surface area contributed by atoms with Crippen molar-refractivity contribution in [2.75, 3.05) is 0 Å². The van der Waals surface area contributed by atoms with Gasteiger partial charge in [0.2, 0.25) is 5.91 Å². The van der Waals surface area contributed by atoms with Gasteiger partial charge < -0.3 is 15.5 Å². The van der Waals surface area contributed by atoms with E-state index in [2.05, 4.69) is 5.32 Å². The Hall–Kier alpha value is -2.15. The van der Waals surface area contributed by atoms with Crippen molar-refractivity contribution in [3.05, 3.63) is 28.0 Å². The van der Waals surface area contributed by atoms with Crippen LogP contribution >= 0.6 is 11.3 Å². The van der Waals surface area contributed by atoms with Gasteiger partial charge in [-0.3, -0.25) is 9.59 Å². The predicted molar refractivity (Wildman–Crippen MR) is 69.9 cm³/mol. The number of nitrogens with one attached hydrogen (secondary N) is 1. The largest absolute Gasteiger partial charge is 0.481 e. The van der Waals surface area contributed by atoms with Gasteiger partial charge in [-0.25, -0.2) is 4.79 Å². The van der Waals surface area contributed by atoms with Crippen molar-refractivity contribution in [3.63, 3.8) is 0 Å². The molecule has 0 spiro atoms. The molecule has 1 aromatic heterocycles. The molecule has 0 bridgehead atoms. The lowest BCUT2D eigenvalue weighted by Gasteiger charge is -2.10. The fourth-order valence-electron chi connectivity index (χ4n) is 1.30. The SMILES string of the molecule is Cc1ccc(/C=C/C(=O)N[C@H](CC(=O)O)C(=O)O)s1. The molecular formula is C12H13NO5S. The maximum Gasteiger partial charge on any atom is 0.326 e. The van der Waals surface area contributed by atoms with Gasteiger partial charge >= 0.3 is 11.9 Å². The molecule has 0 saturated carbocycles. The molecule has 0 aromatic carbocycles. The monoisotopic (exact) mass is 283 g/mol. The van der Waals surface area contributed by atoms with E-state index in [1.807, 2.05) is 19.1 Å². The lowest BCUT2D eigenvalue weighted by molar-refractivity contribution is -0.146. The summed E-state index contributed by atoms with van der Waals surface area (Å²) < 4.78 is 0. The third-order valence-electron chi connectivity index (χ3n) is 2.15. The van der Waals surface area contributed by atoms with Gasteiger partial charge in [-0.15, -0.1) is 11.3 Å². The number of aliphatic carboxylic acids is 2. The van der Waals surface area contributed by atoms with Gasteiger partial charge in [0.1, 0.15) is 6.04 Å². The fourth-order valence-corrected chi connectivity index (χ4v) is 2.08. The highest BCUT2D eigenvalue weighted by atomic mass is 32.1. The van der Waals surface area contributed by atoms with Gasteiger partial charge in [0.25, 0.3) is 0 Å². The summed E-state index contributed by atoms with van der Waals surface area (Å²) in [4.78, 5) is 34.6. The molecule has 19 heavy (non-hydrogen) atoms. The lowest BCUT2D eigenvalue weighted by Crippen LogP contribution is -2.41. The number of carbonyl (C=O) groups is 3. The van der Waals surface area contributed by atoms with Gasteiger partial charge in [0, 0.05) is 15.8 Å². The normalized spacial score (nSPS) is 12.3. The molecule has 1 aromatic rings. The second kappa shape index (κ2) is 6.69. The Morgan fingerprint density at radius 3 is 2.53 bits per heavy atom. The van der Waals surface area contributed by atoms with E-state index in [-0.39, 0.29) is 0 Å². The zero-order valence-corrected chi connectivity index (χ0v) is 10.9. The molecule has 0 aliphatic rings. The highest BCUT2D eigenvalue weighted by Gasteiger charge is 2.21. The Balaban J connectivity index is 2.60. The first kappa shape index (κ1) is 14.9. The Labute approximate surface area is 113 Å².